The fraction of sp³-hybridized carbons (Fsp3) is 0.667. The van der Waals surface area contributed by atoms with Gasteiger partial charge in [0.05, 0.1) is 6.10 Å². The molecule has 0 unspecified atom stereocenters. The fourth-order valence-electron chi connectivity index (χ4n) is 3.57. The molecule has 2 fully saturated rings. The molecular weight excluding hydrogens is 421 g/mol. The Kier molecular flexibility index (Phi) is 5.54. The van der Waals surface area contributed by atoms with Crippen molar-refractivity contribution < 1.29 is 19.3 Å². The molecule has 2 aliphatic heterocycles. The summed E-state index contributed by atoms with van der Waals surface area (Å²) >= 11 is 2.24. The van der Waals surface area contributed by atoms with Crippen LogP contribution in [0.5, 0.6) is 0 Å². The Labute approximate surface area is 157 Å². The van der Waals surface area contributed by atoms with Gasteiger partial charge >= 0.3 is 0 Å². The highest BCUT2D eigenvalue weighted by atomic mass is 127. The van der Waals surface area contributed by atoms with E-state index in [0.29, 0.717) is 0 Å². The Bertz CT molecular complexity index is 555. The molecule has 3 rings (SSSR count). The number of halogens is 1. The van der Waals surface area contributed by atoms with Crippen molar-refractivity contribution in [1.29, 1.82) is 0 Å². The number of piperidine rings is 1. The van der Waals surface area contributed by atoms with Crippen molar-refractivity contribution in [3.8, 4) is 0 Å². The van der Waals surface area contributed by atoms with E-state index in [0.717, 1.165) is 19.6 Å². The molecule has 5 atom stereocenters. The molecule has 2 heterocycles. The summed E-state index contributed by atoms with van der Waals surface area (Å²) < 4.78 is 17.7. The van der Waals surface area contributed by atoms with E-state index in [1.54, 1.807) is 7.11 Å². The number of rotatable bonds is 4. The molecule has 0 aromatic heterocycles. The zero-order chi connectivity index (χ0) is 17.4. The minimum atomic E-state index is -0.815. The minimum absolute atomic E-state index is 0.0305. The van der Waals surface area contributed by atoms with Crippen molar-refractivity contribution in [3.63, 3.8) is 0 Å². The van der Waals surface area contributed by atoms with E-state index < -0.39 is 9.39 Å². The molecule has 0 saturated carbocycles. The second-order valence-electron chi connectivity index (χ2n) is 6.93. The van der Waals surface area contributed by atoms with Crippen molar-refractivity contribution in [1.82, 2.24) is 4.90 Å². The van der Waals surface area contributed by atoms with E-state index in [9.17, 15) is 5.11 Å². The van der Waals surface area contributed by atoms with Crippen LogP contribution in [0.4, 0.5) is 0 Å². The number of aliphatic hydroxyl groups is 1. The maximum absolute atomic E-state index is 9.88. The first-order valence-corrected chi connectivity index (χ1v) is 9.43. The van der Waals surface area contributed by atoms with Crippen molar-refractivity contribution in [2.45, 2.75) is 42.0 Å². The molecule has 1 aromatic rings. The van der Waals surface area contributed by atoms with Crippen LogP contribution < -0.4 is 0 Å². The molecule has 0 bridgehead atoms. The van der Waals surface area contributed by atoms with Gasteiger partial charge in [-0.25, -0.2) is 0 Å². The second-order valence-corrected chi connectivity index (χ2v) is 8.99. The zero-order valence-corrected chi connectivity index (χ0v) is 16.6. The van der Waals surface area contributed by atoms with Crippen LogP contribution in [0.1, 0.15) is 19.4 Å². The lowest BCUT2D eigenvalue weighted by Gasteiger charge is -2.55. The molecule has 0 spiro atoms. The lowest BCUT2D eigenvalue weighted by Crippen LogP contribution is -2.67. The molecule has 24 heavy (non-hydrogen) atoms. The molecule has 0 amide bonds. The lowest BCUT2D eigenvalue weighted by molar-refractivity contribution is -0.367. The Morgan fingerprint density at radius 2 is 1.96 bits per heavy atom. The van der Waals surface area contributed by atoms with Crippen molar-refractivity contribution in [3.05, 3.63) is 35.9 Å². The first-order valence-electron chi connectivity index (χ1n) is 8.35. The first kappa shape index (κ1) is 18.5. The molecule has 0 radical (unpaired) electrons. The third-order valence-electron chi connectivity index (χ3n) is 5.18. The summed E-state index contributed by atoms with van der Waals surface area (Å²) in [5.41, 5.74) is 1.26. The number of likely N-dealkylation sites (tertiary alicyclic amines) is 1. The topological polar surface area (TPSA) is 51.2 Å². The molecule has 134 valence electrons. The highest BCUT2D eigenvalue weighted by Crippen LogP contribution is 2.45. The molecule has 1 N–H and O–H groups in total. The number of hydrogen-bond acceptors (Lipinski definition) is 5. The van der Waals surface area contributed by atoms with Gasteiger partial charge in [0.2, 0.25) is 5.79 Å². The van der Waals surface area contributed by atoms with Crippen LogP contribution in [0, 0.1) is 5.92 Å². The van der Waals surface area contributed by atoms with Gasteiger partial charge in [-0.1, -0.05) is 30.3 Å². The Morgan fingerprint density at radius 3 is 2.58 bits per heavy atom. The standard InChI is InChI=1S/C18H26INO4/c1-17(19)18(2,22-3)23-15-11-20(9-13-7-5-4-6-8-13)10-14(12-21)16(15)24-17/h4-8,14-16,21H,9-12H2,1-3H3/t14-,15-,16-,17+,18+/m1/s1. The number of benzene rings is 1. The molecule has 1 aromatic carbocycles. The quantitative estimate of drug-likeness (QED) is 0.568. The van der Waals surface area contributed by atoms with Gasteiger partial charge in [0.15, 0.2) is 3.61 Å². The SMILES string of the molecule is CO[C@@]1(C)O[C@@H]2CN(Cc3ccccc3)C[C@H](CO)[C@H]2O[C@]1(C)I. The first-order chi connectivity index (χ1) is 11.4. The van der Waals surface area contributed by atoms with Crippen molar-refractivity contribution in [2.75, 3.05) is 26.8 Å². The van der Waals surface area contributed by atoms with Crippen LogP contribution >= 0.6 is 22.6 Å². The lowest BCUT2D eigenvalue weighted by atomic mass is 9.90. The van der Waals surface area contributed by atoms with E-state index in [-0.39, 0.29) is 24.7 Å². The van der Waals surface area contributed by atoms with Crippen LogP contribution in [-0.4, -0.2) is 58.4 Å². The zero-order valence-electron chi connectivity index (χ0n) is 14.4. The van der Waals surface area contributed by atoms with E-state index >= 15 is 0 Å². The van der Waals surface area contributed by atoms with Gasteiger partial charge in [0, 0.05) is 39.3 Å². The number of methoxy groups -OCH3 is 1. The Hall–Kier alpha value is -0.250. The largest absolute Gasteiger partial charge is 0.396 e. The normalized spacial score (nSPS) is 40.3. The van der Waals surface area contributed by atoms with Crippen LogP contribution in [0.15, 0.2) is 30.3 Å². The van der Waals surface area contributed by atoms with Crippen LogP contribution in [0.2, 0.25) is 0 Å². The number of fused-ring (bicyclic) bond motifs is 1. The van der Waals surface area contributed by atoms with Gasteiger partial charge in [-0.05, 0) is 42.0 Å². The van der Waals surface area contributed by atoms with E-state index in [4.69, 9.17) is 14.2 Å². The smallest absolute Gasteiger partial charge is 0.204 e. The molecule has 2 saturated heterocycles. The summed E-state index contributed by atoms with van der Waals surface area (Å²) in [5, 5.41) is 9.88. The second kappa shape index (κ2) is 7.17. The summed E-state index contributed by atoms with van der Waals surface area (Å²) in [6, 6.07) is 10.4. The van der Waals surface area contributed by atoms with Crippen LogP contribution in [0.3, 0.4) is 0 Å². The van der Waals surface area contributed by atoms with E-state index in [1.807, 2.05) is 19.9 Å². The third-order valence-corrected chi connectivity index (χ3v) is 6.41. The average molecular weight is 447 g/mol. The fourth-order valence-corrected chi connectivity index (χ4v) is 4.21. The van der Waals surface area contributed by atoms with Gasteiger partial charge < -0.3 is 19.3 Å². The monoisotopic (exact) mass is 447 g/mol. The van der Waals surface area contributed by atoms with Crippen LogP contribution in [-0.2, 0) is 20.8 Å². The maximum atomic E-state index is 9.88. The molecule has 5 nitrogen and oxygen atoms in total. The molecule has 6 heteroatoms. The highest BCUT2D eigenvalue weighted by Gasteiger charge is 2.57. The van der Waals surface area contributed by atoms with Gasteiger partial charge in [-0.15, -0.1) is 0 Å². The number of alkyl halides is 1. The van der Waals surface area contributed by atoms with Gasteiger partial charge in [-0.2, -0.15) is 0 Å². The Morgan fingerprint density at radius 1 is 1.25 bits per heavy atom. The molecular formula is C18H26INO4. The number of aliphatic hydroxyl groups excluding tert-OH is 1. The number of ether oxygens (including phenoxy) is 3. The summed E-state index contributed by atoms with van der Waals surface area (Å²) in [4.78, 5) is 2.33. The van der Waals surface area contributed by atoms with Crippen molar-refractivity contribution in [2.24, 2.45) is 5.92 Å². The van der Waals surface area contributed by atoms with Crippen molar-refractivity contribution >= 4 is 22.6 Å². The number of hydrogen-bond donors (Lipinski definition) is 1. The maximum Gasteiger partial charge on any atom is 0.204 e. The average Bonchev–Trinajstić information content (AvgIpc) is 2.56. The number of nitrogens with zero attached hydrogens (tertiary/aromatic N) is 1. The Balaban J connectivity index is 1.77. The van der Waals surface area contributed by atoms with Gasteiger partial charge in [-0.3, -0.25) is 4.90 Å². The summed E-state index contributed by atoms with van der Waals surface area (Å²) in [6.07, 6.45) is -0.237. The molecule has 0 aliphatic carbocycles. The summed E-state index contributed by atoms with van der Waals surface area (Å²) in [7, 11) is 1.65. The summed E-state index contributed by atoms with van der Waals surface area (Å²) in [5.74, 6) is -0.784. The van der Waals surface area contributed by atoms with E-state index in [2.05, 4.69) is 51.8 Å². The van der Waals surface area contributed by atoms with Gasteiger partial charge in [0.1, 0.15) is 6.10 Å². The predicted octanol–water partition coefficient (Wildman–Crippen LogP) is 2.41. The minimum Gasteiger partial charge on any atom is -0.396 e. The van der Waals surface area contributed by atoms with Crippen LogP contribution in [0.25, 0.3) is 0 Å². The predicted molar refractivity (Wildman–Crippen MR) is 99.9 cm³/mol. The third kappa shape index (κ3) is 3.50. The highest BCUT2D eigenvalue weighted by molar-refractivity contribution is 14.1. The van der Waals surface area contributed by atoms with E-state index in [1.165, 1.54) is 5.56 Å². The van der Waals surface area contributed by atoms with Gasteiger partial charge in [0.25, 0.3) is 0 Å². The molecule has 2 aliphatic rings. The summed E-state index contributed by atoms with van der Waals surface area (Å²) in [6.45, 7) is 6.38.